The molecule has 0 aliphatic heterocycles. The number of anilines is 1. The summed E-state index contributed by atoms with van der Waals surface area (Å²) in [5.41, 5.74) is 4.44. The standard InChI is InChI=1S/C21H27NO2/c1-4-5-6-17-7-11-19(12-8-17)22-21(23)14-10-18-9-13-20(24-3)16(2)15-18/h7-9,11-13,15H,4-6,10,14H2,1-3H3,(H,22,23). The van der Waals surface area contributed by atoms with Crippen LogP contribution in [0.5, 0.6) is 5.75 Å². The van der Waals surface area contributed by atoms with Crippen molar-refractivity contribution >= 4 is 11.6 Å². The van der Waals surface area contributed by atoms with Gasteiger partial charge in [-0.25, -0.2) is 0 Å². The zero-order chi connectivity index (χ0) is 17.4. The Morgan fingerprint density at radius 3 is 2.38 bits per heavy atom. The summed E-state index contributed by atoms with van der Waals surface area (Å²) in [6, 6.07) is 14.2. The van der Waals surface area contributed by atoms with Gasteiger partial charge in [0, 0.05) is 12.1 Å². The molecule has 0 aliphatic rings. The number of hydrogen-bond acceptors (Lipinski definition) is 2. The van der Waals surface area contributed by atoms with Crippen LogP contribution in [-0.4, -0.2) is 13.0 Å². The Bertz CT molecular complexity index is 662. The molecule has 2 aromatic carbocycles. The second-order valence-corrected chi connectivity index (χ2v) is 6.15. The van der Waals surface area contributed by atoms with Crippen molar-refractivity contribution in [2.24, 2.45) is 0 Å². The van der Waals surface area contributed by atoms with E-state index in [0.717, 1.165) is 35.4 Å². The van der Waals surface area contributed by atoms with E-state index < -0.39 is 0 Å². The summed E-state index contributed by atoms with van der Waals surface area (Å²) >= 11 is 0. The van der Waals surface area contributed by atoms with Crippen molar-refractivity contribution in [2.45, 2.75) is 46.0 Å². The molecular formula is C21H27NO2. The maximum atomic E-state index is 12.1. The van der Waals surface area contributed by atoms with Crippen molar-refractivity contribution in [3.63, 3.8) is 0 Å². The van der Waals surface area contributed by atoms with Gasteiger partial charge in [-0.2, -0.15) is 0 Å². The summed E-state index contributed by atoms with van der Waals surface area (Å²) < 4.78 is 5.26. The van der Waals surface area contributed by atoms with Crippen molar-refractivity contribution in [1.29, 1.82) is 0 Å². The topological polar surface area (TPSA) is 38.3 Å². The lowest BCUT2D eigenvalue weighted by Gasteiger charge is -2.09. The van der Waals surface area contributed by atoms with E-state index in [0.29, 0.717) is 6.42 Å². The van der Waals surface area contributed by atoms with Crippen molar-refractivity contribution in [2.75, 3.05) is 12.4 Å². The minimum absolute atomic E-state index is 0.0461. The number of ether oxygens (including phenoxy) is 1. The van der Waals surface area contributed by atoms with Gasteiger partial charge >= 0.3 is 0 Å². The van der Waals surface area contributed by atoms with Crippen LogP contribution in [0.3, 0.4) is 0 Å². The second kappa shape index (κ2) is 9.11. The van der Waals surface area contributed by atoms with E-state index in [1.165, 1.54) is 18.4 Å². The summed E-state index contributed by atoms with van der Waals surface area (Å²) in [5, 5.41) is 2.97. The molecule has 2 aromatic rings. The van der Waals surface area contributed by atoms with Crippen LogP contribution in [0.1, 0.15) is 42.9 Å². The SMILES string of the molecule is CCCCc1ccc(NC(=O)CCc2ccc(OC)c(C)c2)cc1. The van der Waals surface area contributed by atoms with Gasteiger partial charge in [0.2, 0.25) is 5.91 Å². The zero-order valence-corrected chi connectivity index (χ0v) is 14.9. The van der Waals surface area contributed by atoms with Crippen LogP contribution in [0.2, 0.25) is 0 Å². The highest BCUT2D eigenvalue weighted by molar-refractivity contribution is 5.90. The van der Waals surface area contributed by atoms with Crippen molar-refractivity contribution < 1.29 is 9.53 Å². The van der Waals surface area contributed by atoms with Crippen LogP contribution in [0.25, 0.3) is 0 Å². The molecule has 0 heterocycles. The maximum Gasteiger partial charge on any atom is 0.224 e. The molecule has 0 radical (unpaired) electrons. The summed E-state index contributed by atoms with van der Waals surface area (Å²) in [6.07, 6.45) is 4.70. The molecule has 0 aliphatic carbocycles. The number of rotatable bonds is 8. The van der Waals surface area contributed by atoms with Crippen LogP contribution in [0.15, 0.2) is 42.5 Å². The molecule has 3 nitrogen and oxygen atoms in total. The number of carbonyl (C=O) groups excluding carboxylic acids is 1. The van der Waals surface area contributed by atoms with Gasteiger partial charge in [-0.05, 0) is 61.1 Å². The molecule has 24 heavy (non-hydrogen) atoms. The van der Waals surface area contributed by atoms with E-state index in [2.05, 4.69) is 30.4 Å². The molecule has 0 aromatic heterocycles. The molecule has 0 bridgehead atoms. The van der Waals surface area contributed by atoms with Crippen LogP contribution >= 0.6 is 0 Å². The Morgan fingerprint density at radius 2 is 1.75 bits per heavy atom. The zero-order valence-electron chi connectivity index (χ0n) is 14.9. The number of benzene rings is 2. The molecule has 3 heteroatoms. The number of unbranched alkanes of at least 4 members (excludes halogenated alkanes) is 1. The highest BCUT2D eigenvalue weighted by atomic mass is 16.5. The fourth-order valence-corrected chi connectivity index (χ4v) is 2.71. The van der Waals surface area contributed by atoms with E-state index in [9.17, 15) is 4.79 Å². The first kappa shape index (κ1) is 18.1. The highest BCUT2D eigenvalue weighted by Crippen LogP contribution is 2.19. The molecule has 0 unspecified atom stereocenters. The normalized spacial score (nSPS) is 10.5. The van der Waals surface area contributed by atoms with E-state index in [1.54, 1.807) is 7.11 Å². The Morgan fingerprint density at radius 1 is 1.04 bits per heavy atom. The summed E-state index contributed by atoms with van der Waals surface area (Å²) in [6.45, 7) is 4.21. The average Bonchev–Trinajstić information content (AvgIpc) is 2.59. The van der Waals surface area contributed by atoms with Crippen molar-refractivity contribution in [3.8, 4) is 5.75 Å². The Balaban J connectivity index is 1.83. The Kier molecular flexibility index (Phi) is 6.86. The number of carbonyl (C=O) groups is 1. The molecule has 0 atom stereocenters. The van der Waals surface area contributed by atoms with Crippen molar-refractivity contribution in [1.82, 2.24) is 0 Å². The van der Waals surface area contributed by atoms with Gasteiger partial charge in [0.15, 0.2) is 0 Å². The third-order valence-electron chi connectivity index (χ3n) is 4.16. The largest absolute Gasteiger partial charge is 0.496 e. The van der Waals surface area contributed by atoms with Crippen LogP contribution in [-0.2, 0) is 17.6 Å². The predicted molar refractivity (Wildman–Crippen MR) is 99.7 cm³/mol. The molecule has 1 amide bonds. The second-order valence-electron chi connectivity index (χ2n) is 6.15. The van der Waals surface area contributed by atoms with E-state index in [1.807, 2.05) is 31.2 Å². The quantitative estimate of drug-likeness (QED) is 0.748. The van der Waals surface area contributed by atoms with E-state index in [-0.39, 0.29) is 5.91 Å². The number of methoxy groups -OCH3 is 1. The highest BCUT2D eigenvalue weighted by Gasteiger charge is 2.05. The molecule has 0 saturated heterocycles. The van der Waals surface area contributed by atoms with Gasteiger partial charge < -0.3 is 10.1 Å². The molecule has 1 N–H and O–H groups in total. The van der Waals surface area contributed by atoms with Crippen molar-refractivity contribution in [3.05, 3.63) is 59.2 Å². The lowest BCUT2D eigenvalue weighted by molar-refractivity contribution is -0.116. The van der Waals surface area contributed by atoms with Gasteiger partial charge in [-0.1, -0.05) is 37.6 Å². The fourth-order valence-electron chi connectivity index (χ4n) is 2.71. The first-order valence-electron chi connectivity index (χ1n) is 8.64. The van der Waals surface area contributed by atoms with E-state index in [4.69, 9.17) is 4.74 Å². The number of aryl methyl sites for hydroxylation is 3. The van der Waals surface area contributed by atoms with Crippen LogP contribution in [0.4, 0.5) is 5.69 Å². The number of amides is 1. The maximum absolute atomic E-state index is 12.1. The minimum atomic E-state index is 0.0461. The first-order valence-corrected chi connectivity index (χ1v) is 8.64. The van der Waals surface area contributed by atoms with Gasteiger partial charge in [0.05, 0.1) is 7.11 Å². The third kappa shape index (κ3) is 5.41. The molecule has 0 spiro atoms. The van der Waals surface area contributed by atoms with Gasteiger partial charge in [-0.3, -0.25) is 4.79 Å². The lowest BCUT2D eigenvalue weighted by Crippen LogP contribution is -2.12. The molecule has 128 valence electrons. The predicted octanol–water partition coefficient (Wildman–Crippen LogP) is 4.92. The third-order valence-corrected chi connectivity index (χ3v) is 4.16. The van der Waals surface area contributed by atoms with Gasteiger partial charge in [0.1, 0.15) is 5.75 Å². The average molecular weight is 325 g/mol. The number of nitrogens with one attached hydrogen (secondary N) is 1. The molecule has 2 rings (SSSR count). The Hall–Kier alpha value is -2.29. The Labute approximate surface area is 145 Å². The smallest absolute Gasteiger partial charge is 0.224 e. The minimum Gasteiger partial charge on any atom is -0.496 e. The molecular weight excluding hydrogens is 298 g/mol. The van der Waals surface area contributed by atoms with Crippen LogP contribution in [0, 0.1) is 6.92 Å². The fraction of sp³-hybridized carbons (Fsp3) is 0.381. The lowest BCUT2D eigenvalue weighted by atomic mass is 10.1. The summed E-state index contributed by atoms with van der Waals surface area (Å²) in [4.78, 5) is 12.1. The summed E-state index contributed by atoms with van der Waals surface area (Å²) in [7, 11) is 1.67. The number of hydrogen-bond donors (Lipinski definition) is 1. The van der Waals surface area contributed by atoms with Gasteiger partial charge in [-0.15, -0.1) is 0 Å². The summed E-state index contributed by atoms with van der Waals surface area (Å²) in [5.74, 6) is 0.927. The first-order chi connectivity index (χ1) is 11.6. The molecule has 0 saturated carbocycles. The van der Waals surface area contributed by atoms with Gasteiger partial charge in [0.25, 0.3) is 0 Å². The van der Waals surface area contributed by atoms with Crippen LogP contribution < -0.4 is 10.1 Å². The molecule has 0 fully saturated rings. The monoisotopic (exact) mass is 325 g/mol. The van der Waals surface area contributed by atoms with E-state index >= 15 is 0 Å².